The number of para-hydroxylation sites is 1. The Morgan fingerprint density at radius 1 is 1.14 bits per heavy atom. The van der Waals surface area contributed by atoms with E-state index in [1.807, 2.05) is 62.9 Å². The van der Waals surface area contributed by atoms with E-state index >= 15 is 0 Å². The molecule has 112 valence electrons. The van der Waals surface area contributed by atoms with Gasteiger partial charge in [0.15, 0.2) is 6.61 Å². The van der Waals surface area contributed by atoms with Crippen molar-refractivity contribution in [3.05, 3.63) is 36.5 Å². The molecule has 1 heterocycles. The highest BCUT2D eigenvalue weighted by Crippen LogP contribution is 2.23. The second-order valence-electron chi connectivity index (χ2n) is 5.61. The van der Waals surface area contributed by atoms with Crippen LogP contribution in [0.5, 0.6) is 5.75 Å². The van der Waals surface area contributed by atoms with E-state index in [9.17, 15) is 4.79 Å². The van der Waals surface area contributed by atoms with Gasteiger partial charge in [0.2, 0.25) is 0 Å². The largest absolute Gasteiger partial charge is 0.481 e. The Labute approximate surface area is 125 Å². The summed E-state index contributed by atoms with van der Waals surface area (Å²) in [7, 11) is 0. The highest BCUT2D eigenvalue weighted by atomic mass is 16.5. The van der Waals surface area contributed by atoms with Gasteiger partial charge in [-0.3, -0.25) is 9.78 Å². The molecule has 1 aromatic heterocycles. The minimum absolute atomic E-state index is 0.00654. The molecule has 0 atom stereocenters. The zero-order valence-corrected chi connectivity index (χ0v) is 13.0. The quantitative estimate of drug-likeness (QED) is 0.847. The molecule has 0 aliphatic heterocycles. The topological polar surface area (TPSA) is 42.4 Å². The molecule has 0 aliphatic rings. The van der Waals surface area contributed by atoms with Crippen molar-refractivity contribution in [3.63, 3.8) is 0 Å². The van der Waals surface area contributed by atoms with Gasteiger partial charge in [-0.2, -0.15) is 0 Å². The molecule has 2 aromatic rings. The van der Waals surface area contributed by atoms with E-state index in [1.54, 1.807) is 6.20 Å². The van der Waals surface area contributed by atoms with Crippen LogP contribution in [0.3, 0.4) is 0 Å². The number of amides is 1. The molecule has 4 nitrogen and oxygen atoms in total. The van der Waals surface area contributed by atoms with Crippen molar-refractivity contribution in [1.82, 2.24) is 9.88 Å². The summed E-state index contributed by atoms with van der Waals surface area (Å²) in [4.78, 5) is 18.5. The van der Waals surface area contributed by atoms with Gasteiger partial charge in [-0.1, -0.05) is 18.2 Å². The summed E-state index contributed by atoms with van der Waals surface area (Å²) in [6.07, 6.45) is 1.73. The smallest absolute Gasteiger partial charge is 0.260 e. The van der Waals surface area contributed by atoms with Gasteiger partial charge in [0.25, 0.3) is 5.91 Å². The van der Waals surface area contributed by atoms with E-state index in [2.05, 4.69) is 4.98 Å². The fourth-order valence-electron chi connectivity index (χ4n) is 2.58. The normalized spacial score (nSPS) is 11.1. The molecule has 1 aromatic carbocycles. The minimum atomic E-state index is -0.00654. The van der Waals surface area contributed by atoms with Crippen LogP contribution in [0.2, 0.25) is 0 Å². The third-order valence-corrected chi connectivity index (χ3v) is 3.35. The van der Waals surface area contributed by atoms with Crippen LogP contribution in [0, 0.1) is 0 Å². The van der Waals surface area contributed by atoms with Crippen LogP contribution >= 0.6 is 0 Å². The van der Waals surface area contributed by atoms with Crippen LogP contribution in [0.15, 0.2) is 36.5 Å². The van der Waals surface area contributed by atoms with Crippen LogP contribution in [-0.4, -0.2) is 34.5 Å². The molecular weight excluding hydrogens is 264 g/mol. The lowest BCUT2D eigenvalue weighted by molar-refractivity contribution is -0.136. The van der Waals surface area contributed by atoms with Gasteiger partial charge < -0.3 is 9.64 Å². The molecule has 2 rings (SSSR count). The first-order valence-electron chi connectivity index (χ1n) is 7.28. The van der Waals surface area contributed by atoms with Gasteiger partial charge in [0.05, 0.1) is 0 Å². The molecule has 0 radical (unpaired) electrons. The summed E-state index contributed by atoms with van der Waals surface area (Å²) in [6.45, 7) is 8.08. The van der Waals surface area contributed by atoms with Crippen molar-refractivity contribution in [1.29, 1.82) is 0 Å². The van der Waals surface area contributed by atoms with Gasteiger partial charge in [0, 0.05) is 23.7 Å². The highest BCUT2D eigenvalue weighted by molar-refractivity contribution is 5.85. The first-order chi connectivity index (χ1) is 10.0. The number of ether oxygens (including phenoxy) is 1. The molecule has 0 spiro atoms. The maximum atomic E-state index is 12.3. The molecule has 0 bridgehead atoms. The Morgan fingerprint density at radius 2 is 1.81 bits per heavy atom. The summed E-state index contributed by atoms with van der Waals surface area (Å²) in [5.41, 5.74) is 0.786. The van der Waals surface area contributed by atoms with E-state index in [0.717, 1.165) is 10.9 Å². The fraction of sp³-hybridized carbons (Fsp3) is 0.412. The van der Waals surface area contributed by atoms with E-state index in [-0.39, 0.29) is 24.6 Å². The van der Waals surface area contributed by atoms with Gasteiger partial charge in [-0.15, -0.1) is 0 Å². The molecule has 21 heavy (non-hydrogen) atoms. The summed E-state index contributed by atoms with van der Waals surface area (Å²) in [6, 6.07) is 9.91. The number of hydrogen-bond acceptors (Lipinski definition) is 3. The number of nitrogens with zero attached hydrogens (tertiary/aromatic N) is 2. The number of aromatic nitrogens is 1. The lowest BCUT2D eigenvalue weighted by Gasteiger charge is -2.30. The number of pyridine rings is 1. The fourth-order valence-corrected chi connectivity index (χ4v) is 2.58. The van der Waals surface area contributed by atoms with Crippen molar-refractivity contribution < 1.29 is 9.53 Å². The number of hydrogen-bond donors (Lipinski definition) is 0. The average molecular weight is 286 g/mol. The van der Waals surface area contributed by atoms with Crippen molar-refractivity contribution in [2.45, 2.75) is 39.8 Å². The number of fused-ring (bicyclic) bond motifs is 1. The predicted molar refractivity (Wildman–Crippen MR) is 84.4 cm³/mol. The summed E-state index contributed by atoms with van der Waals surface area (Å²) < 4.78 is 5.71. The number of carbonyl (C=O) groups is 1. The second kappa shape index (κ2) is 6.57. The maximum absolute atomic E-state index is 12.3. The molecular formula is C17H22N2O2. The third kappa shape index (κ3) is 3.51. The minimum Gasteiger partial charge on any atom is -0.481 e. The van der Waals surface area contributed by atoms with Crippen LogP contribution in [0.4, 0.5) is 0 Å². The van der Waals surface area contributed by atoms with E-state index < -0.39 is 0 Å². The zero-order valence-electron chi connectivity index (χ0n) is 13.0. The number of carbonyl (C=O) groups excluding carboxylic acids is 1. The van der Waals surface area contributed by atoms with Gasteiger partial charge >= 0.3 is 0 Å². The Morgan fingerprint density at radius 3 is 2.48 bits per heavy atom. The molecule has 1 amide bonds. The maximum Gasteiger partial charge on any atom is 0.260 e. The molecule has 0 saturated heterocycles. The lowest BCUT2D eigenvalue weighted by Crippen LogP contribution is -2.44. The predicted octanol–water partition coefficient (Wildman–Crippen LogP) is 3.26. The standard InChI is InChI=1S/C17H22N2O2/c1-12(2)19(13(3)4)16(20)11-21-15-9-5-7-14-8-6-10-18-17(14)15/h5-10,12-13H,11H2,1-4H3. The third-order valence-electron chi connectivity index (χ3n) is 3.35. The van der Waals surface area contributed by atoms with Crippen LogP contribution in [-0.2, 0) is 4.79 Å². The van der Waals surface area contributed by atoms with Crippen LogP contribution in [0.25, 0.3) is 10.9 Å². The van der Waals surface area contributed by atoms with E-state index in [0.29, 0.717) is 5.75 Å². The Bertz CT molecular complexity index is 610. The first kappa shape index (κ1) is 15.3. The molecule has 0 N–H and O–H groups in total. The average Bonchev–Trinajstić information content (AvgIpc) is 2.44. The Hall–Kier alpha value is -2.10. The Balaban J connectivity index is 2.13. The van der Waals surface area contributed by atoms with Crippen molar-refractivity contribution in [3.8, 4) is 5.75 Å². The van der Waals surface area contributed by atoms with E-state index in [4.69, 9.17) is 4.74 Å². The molecule has 0 saturated carbocycles. The van der Waals surface area contributed by atoms with E-state index in [1.165, 1.54) is 0 Å². The molecule has 4 heteroatoms. The van der Waals surface area contributed by atoms with Crippen molar-refractivity contribution in [2.75, 3.05) is 6.61 Å². The van der Waals surface area contributed by atoms with Crippen LogP contribution in [0.1, 0.15) is 27.7 Å². The number of rotatable bonds is 5. The monoisotopic (exact) mass is 286 g/mol. The SMILES string of the molecule is CC(C)N(C(=O)COc1cccc2cccnc12)C(C)C. The second-order valence-corrected chi connectivity index (χ2v) is 5.61. The lowest BCUT2D eigenvalue weighted by atomic mass is 10.2. The summed E-state index contributed by atoms with van der Waals surface area (Å²) >= 11 is 0. The van der Waals surface area contributed by atoms with Gasteiger partial charge in [-0.05, 0) is 39.8 Å². The first-order valence-corrected chi connectivity index (χ1v) is 7.28. The van der Waals surface area contributed by atoms with Crippen LogP contribution < -0.4 is 4.74 Å². The molecule has 0 unspecified atom stereocenters. The van der Waals surface area contributed by atoms with Crippen molar-refractivity contribution in [2.24, 2.45) is 0 Å². The Kier molecular flexibility index (Phi) is 4.78. The van der Waals surface area contributed by atoms with Gasteiger partial charge in [-0.25, -0.2) is 0 Å². The zero-order chi connectivity index (χ0) is 15.4. The molecule has 0 fully saturated rings. The molecule has 0 aliphatic carbocycles. The van der Waals surface area contributed by atoms with Crippen molar-refractivity contribution >= 4 is 16.8 Å². The highest BCUT2D eigenvalue weighted by Gasteiger charge is 2.20. The summed E-state index contributed by atoms with van der Waals surface area (Å²) in [5.74, 6) is 0.641. The van der Waals surface area contributed by atoms with Gasteiger partial charge in [0.1, 0.15) is 11.3 Å². The summed E-state index contributed by atoms with van der Waals surface area (Å²) in [5, 5.41) is 1.01. The number of benzene rings is 1.